The van der Waals surface area contributed by atoms with E-state index in [1.54, 1.807) is 7.11 Å². The average molecular weight is 239 g/mol. The van der Waals surface area contributed by atoms with Gasteiger partial charge >= 0.3 is 0 Å². The molecule has 0 spiro atoms. The third-order valence-corrected chi connectivity index (χ3v) is 3.53. The molecule has 0 aliphatic heterocycles. The van der Waals surface area contributed by atoms with Gasteiger partial charge in [-0.3, -0.25) is 0 Å². The second-order valence-corrected chi connectivity index (χ2v) is 5.56. The maximum absolute atomic E-state index is 11.3. The first-order valence-corrected chi connectivity index (χ1v) is 6.91. The number of sulfone groups is 1. The van der Waals surface area contributed by atoms with Crippen molar-refractivity contribution in [3.05, 3.63) is 0 Å². The van der Waals surface area contributed by atoms with E-state index in [2.05, 4.69) is 0 Å². The van der Waals surface area contributed by atoms with Gasteiger partial charge in [0.25, 0.3) is 0 Å². The Kier molecular flexibility index (Phi) is 8.98. The lowest BCUT2D eigenvalue weighted by Gasteiger charge is -2.05. The molecule has 0 bridgehead atoms. The van der Waals surface area contributed by atoms with Crippen molar-refractivity contribution in [1.82, 2.24) is 0 Å². The highest BCUT2D eigenvalue weighted by atomic mass is 32.2. The molecule has 0 aliphatic carbocycles. The Morgan fingerprint density at radius 2 is 1.80 bits per heavy atom. The van der Waals surface area contributed by atoms with Gasteiger partial charge in [-0.05, 0) is 19.4 Å². The van der Waals surface area contributed by atoms with Crippen molar-refractivity contribution in [1.29, 1.82) is 0 Å². The summed E-state index contributed by atoms with van der Waals surface area (Å²) in [5, 5.41) is 0. The van der Waals surface area contributed by atoms with Crippen molar-refractivity contribution in [2.45, 2.75) is 12.8 Å². The molecule has 0 saturated heterocycles. The summed E-state index contributed by atoms with van der Waals surface area (Å²) in [6, 6.07) is 0. The quantitative estimate of drug-likeness (QED) is 0.534. The normalized spacial score (nSPS) is 11.9. The van der Waals surface area contributed by atoms with E-state index in [1.807, 2.05) is 0 Å². The van der Waals surface area contributed by atoms with Gasteiger partial charge in [0, 0.05) is 20.3 Å². The van der Waals surface area contributed by atoms with Crippen LogP contribution in [0.5, 0.6) is 0 Å². The van der Waals surface area contributed by atoms with Gasteiger partial charge in [0.15, 0.2) is 9.84 Å². The smallest absolute Gasteiger partial charge is 0.152 e. The van der Waals surface area contributed by atoms with Crippen molar-refractivity contribution in [2.24, 2.45) is 5.73 Å². The molecule has 0 aliphatic rings. The lowest BCUT2D eigenvalue weighted by Crippen LogP contribution is -2.18. The van der Waals surface area contributed by atoms with Crippen LogP contribution < -0.4 is 5.73 Å². The van der Waals surface area contributed by atoms with E-state index in [9.17, 15) is 8.42 Å². The molecule has 0 aromatic rings. The van der Waals surface area contributed by atoms with Crippen molar-refractivity contribution in [3.63, 3.8) is 0 Å². The molecule has 0 fully saturated rings. The van der Waals surface area contributed by atoms with Gasteiger partial charge < -0.3 is 15.2 Å². The number of methoxy groups -OCH3 is 1. The summed E-state index contributed by atoms with van der Waals surface area (Å²) in [5.74, 6) is 0.241. The molecule has 0 aromatic carbocycles. The summed E-state index contributed by atoms with van der Waals surface area (Å²) >= 11 is 0. The van der Waals surface area contributed by atoms with E-state index in [1.165, 1.54) is 0 Å². The summed E-state index contributed by atoms with van der Waals surface area (Å²) in [6.07, 6.45) is 1.31. The molecule has 0 heterocycles. The third-order valence-electron chi connectivity index (χ3n) is 1.84. The zero-order valence-corrected chi connectivity index (χ0v) is 10.1. The lowest BCUT2D eigenvalue weighted by molar-refractivity contribution is 0.112. The minimum absolute atomic E-state index is 0.0833. The van der Waals surface area contributed by atoms with E-state index in [0.29, 0.717) is 26.2 Å². The Morgan fingerprint density at radius 1 is 1.07 bits per heavy atom. The Hall–Kier alpha value is -0.170. The summed E-state index contributed by atoms with van der Waals surface area (Å²) in [6.45, 7) is 1.85. The van der Waals surface area contributed by atoms with Crippen molar-refractivity contribution < 1.29 is 17.9 Å². The highest BCUT2D eigenvalue weighted by molar-refractivity contribution is 7.91. The Balaban J connectivity index is 3.41. The van der Waals surface area contributed by atoms with Gasteiger partial charge in [0.2, 0.25) is 0 Å². The van der Waals surface area contributed by atoms with Crippen LogP contribution in [-0.4, -0.2) is 53.4 Å². The van der Waals surface area contributed by atoms with Crippen LogP contribution in [0.4, 0.5) is 0 Å². The van der Waals surface area contributed by atoms with E-state index in [0.717, 1.165) is 6.42 Å². The minimum atomic E-state index is -2.97. The van der Waals surface area contributed by atoms with Crippen molar-refractivity contribution >= 4 is 9.84 Å². The van der Waals surface area contributed by atoms with Gasteiger partial charge in [0.1, 0.15) is 0 Å². The lowest BCUT2D eigenvalue weighted by atomic mass is 10.5. The Morgan fingerprint density at radius 3 is 2.40 bits per heavy atom. The number of ether oxygens (including phenoxy) is 2. The predicted molar refractivity (Wildman–Crippen MR) is 59.6 cm³/mol. The largest absolute Gasteiger partial charge is 0.385 e. The van der Waals surface area contributed by atoms with E-state index >= 15 is 0 Å². The number of nitrogens with two attached hydrogens (primary N) is 1. The molecule has 5 nitrogen and oxygen atoms in total. The molecule has 15 heavy (non-hydrogen) atoms. The van der Waals surface area contributed by atoms with Crippen LogP contribution in [-0.2, 0) is 19.3 Å². The van der Waals surface area contributed by atoms with Crippen LogP contribution in [0.2, 0.25) is 0 Å². The summed E-state index contributed by atoms with van der Waals surface area (Å²) in [4.78, 5) is 0. The summed E-state index contributed by atoms with van der Waals surface area (Å²) < 4.78 is 32.6. The first-order chi connectivity index (χ1) is 7.12. The highest BCUT2D eigenvalue weighted by Crippen LogP contribution is 1.94. The van der Waals surface area contributed by atoms with Crippen LogP contribution in [0.15, 0.2) is 0 Å². The second kappa shape index (κ2) is 9.08. The molecule has 2 N–H and O–H groups in total. The maximum Gasteiger partial charge on any atom is 0.152 e. The van der Waals surface area contributed by atoms with E-state index in [-0.39, 0.29) is 18.1 Å². The Bertz CT molecular complexity index is 228. The molecule has 0 atom stereocenters. The van der Waals surface area contributed by atoms with Gasteiger partial charge in [-0.2, -0.15) is 0 Å². The molecule has 0 saturated carbocycles. The van der Waals surface area contributed by atoms with Crippen LogP contribution in [0.25, 0.3) is 0 Å². The summed E-state index contributed by atoms with van der Waals surface area (Å²) in [7, 11) is -1.35. The zero-order valence-electron chi connectivity index (χ0n) is 9.28. The Labute approximate surface area is 91.9 Å². The van der Waals surface area contributed by atoms with Gasteiger partial charge in [-0.25, -0.2) is 8.42 Å². The fourth-order valence-electron chi connectivity index (χ4n) is 0.999. The number of hydrogen-bond donors (Lipinski definition) is 1. The molecular formula is C9H21NO4S. The number of hydrogen-bond acceptors (Lipinski definition) is 5. The molecule has 0 amide bonds. The predicted octanol–water partition coefficient (Wildman–Crippen LogP) is -0.197. The third kappa shape index (κ3) is 10.1. The average Bonchev–Trinajstić information content (AvgIpc) is 2.20. The summed E-state index contributed by atoms with van der Waals surface area (Å²) in [5.41, 5.74) is 5.24. The van der Waals surface area contributed by atoms with Crippen molar-refractivity contribution in [3.8, 4) is 0 Å². The van der Waals surface area contributed by atoms with Gasteiger partial charge in [-0.1, -0.05) is 0 Å². The molecule has 0 unspecified atom stereocenters. The maximum atomic E-state index is 11.3. The molecule has 0 radical (unpaired) electrons. The van der Waals surface area contributed by atoms with Crippen molar-refractivity contribution in [2.75, 3.05) is 45.0 Å². The fraction of sp³-hybridized carbons (Fsp3) is 1.00. The first-order valence-electron chi connectivity index (χ1n) is 5.09. The van der Waals surface area contributed by atoms with Crippen LogP contribution in [0.3, 0.4) is 0 Å². The molecule has 0 aromatic heterocycles. The monoisotopic (exact) mass is 239 g/mol. The van der Waals surface area contributed by atoms with Crippen LogP contribution in [0.1, 0.15) is 12.8 Å². The number of rotatable bonds is 10. The van der Waals surface area contributed by atoms with Gasteiger partial charge in [-0.15, -0.1) is 0 Å². The minimum Gasteiger partial charge on any atom is -0.385 e. The van der Waals surface area contributed by atoms with Crippen LogP contribution in [0, 0.1) is 0 Å². The molecule has 92 valence electrons. The standard InChI is InChI=1S/C9H21NO4S/c1-13-5-3-6-14-7-9-15(11,12)8-2-4-10/h2-10H2,1H3. The highest BCUT2D eigenvalue weighted by Gasteiger charge is 2.09. The van der Waals surface area contributed by atoms with Gasteiger partial charge in [0.05, 0.1) is 18.1 Å². The zero-order chi connectivity index (χ0) is 11.6. The fourth-order valence-corrected chi connectivity index (χ4v) is 2.18. The first kappa shape index (κ1) is 14.8. The SMILES string of the molecule is COCCCOCCS(=O)(=O)CCCN. The molecule has 6 heteroatoms. The molecular weight excluding hydrogens is 218 g/mol. The van der Waals surface area contributed by atoms with E-state index in [4.69, 9.17) is 15.2 Å². The topological polar surface area (TPSA) is 78.6 Å². The van der Waals surface area contributed by atoms with Crippen LogP contribution >= 0.6 is 0 Å². The second-order valence-electron chi connectivity index (χ2n) is 3.25. The molecule has 0 rings (SSSR count). The van der Waals surface area contributed by atoms with E-state index < -0.39 is 9.84 Å².